The first-order valence-electron chi connectivity index (χ1n) is 6.46. The zero-order chi connectivity index (χ0) is 15.2. The lowest BCUT2D eigenvalue weighted by atomic mass is 10.2. The van der Waals surface area contributed by atoms with Crippen LogP contribution in [0.3, 0.4) is 0 Å². The van der Waals surface area contributed by atoms with Gasteiger partial charge in [0.15, 0.2) is 5.56 Å². The van der Waals surface area contributed by atoms with Crippen LogP contribution in [0, 0.1) is 6.92 Å². The van der Waals surface area contributed by atoms with Gasteiger partial charge in [-0.15, -0.1) is 0 Å². The molecule has 5 heteroatoms. The van der Waals surface area contributed by atoms with Gasteiger partial charge in [0.1, 0.15) is 12.4 Å². The summed E-state index contributed by atoms with van der Waals surface area (Å²) >= 11 is 0. The van der Waals surface area contributed by atoms with Gasteiger partial charge in [-0.2, -0.15) is 0 Å². The second kappa shape index (κ2) is 6.74. The van der Waals surface area contributed by atoms with E-state index < -0.39 is 5.97 Å². The van der Waals surface area contributed by atoms with Crippen molar-refractivity contribution in [2.24, 2.45) is 0 Å². The first kappa shape index (κ1) is 14.8. The maximum atomic E-state index is 11.9. The van der Waals surface area contributed by atoms with E-state index in [0.29, 0.717) is 18.1 Å². The molecule has 0 saturated carbocycles. The Morgan fingerprint density at radius 1 is 1.19 bits per heavy atom. The van der Waals surface area contributed by atoms with Crippen molar-refractivity contribution in [3.63, 3.8) is 0 Å². The summed E-state index contributed by atoms with van der Waals surface area (Å²) < 4.78 is 15.7. The van der Waals surface area contributed by atoms with Crippen molar-refractivity contribution >= 4 is 5.97 Å². The first-order valence-corrected chi connectivity index (χ1v) is 6.46. The van der Waals surface area contributed by atoms with Crippen LogP contribution in [0.2, 0.25) is 0 Å². The highest BCUT2D eigenvalue weighted by Crippen LogP contribution is 2.29. The quantitative estimate of drug-likeness (QED) is 0.791. The van der Waals surface area contributed by atoms with Crippen LogP contribution in [0.4, 0.5) is 0 Å². The summed E-state index contributed by atoms with van der Waals surface area (Å²) in [6.45, 7) is 2.11. The fraction of sp³-hybridized carbons (Fsp3) is 0.250. The highest BCUT2D eigenvalue weighted by Gasteiger charge is 2.21. The van der Waals surface area contributed by atoms with E-state index in [1.807, 2.05) is 30.3 Å². The van der Waals surface area contributed by atoms with Gasteiger partial charge in [-0.3, -0.25) is 0 Å². The number of hydrogen-bond donors (Lipinski definition) is 0. The summed E-state index contributed by atoms with van der Waals surface area (Å²) in [7, 11) is 2.80. The van der Waals surface area contributed by atoms with Crippen molar-refractivity contribution in [1.29, 1.82) is 0 Å². The number of nitrogens with zero attached hydrogens (tertiary/aromatic N) is 1. The number of esters is 1. The Bertz CT molecular complexity index is 626. The number of methoxy groups -OCH3 is 2. The standard InChI is InChI=1S/C16H17NO4/c1-11-9-13(19-2)14(16(18)20-3)15(17-11)21-10-12-7-5-4-6-8-12/h4-9H,10H2,1-3H3. The van der Waals surface area contributed by atoms with E-state index >= 15 is 0 Å². The SMILES string of the molecule is COC(=O)c1c(OC)cc(C)nc1OCc1ccccc1. The molecule has 0 amide bonds. The van der Waals surface area contributed by atoms with Gasteiger partial charge in [0.25, 0.3) is 0 Å². The van der Waals surface area contributed by atoms with Crippen molar-refractivity contribution in [2.45, 2.75) is 13.5 Å². The molecule has 0 fully saturated rings. The number of aromatic nitrogens is 1. The Hall–Kier alpha value is -2.56. The normalized spacial score (nSPS) is 10.0. The Morgan fingerprint density at radius 2 is 1.90 bits per heavy atom. The lowest BCUT2D eigenvalue weighted by Crippen LogP contribution is -2.10. The van der Waals surface area contributed by atoms with Crippen LogP contribution >= 0.6 is 0 Å². The molecule has 1 aromatic heterocycles. The van der Waals surface area contributed by atoms with Crippen LogP contribution in [-0.4, -0.2) is 25.2 Å². The summed E-state index contributed by atoms with van der Waals surface area (Å²) in [6, 6.07) is 11.3. The summed E-state index contributed by atoms with van der Waals surface area (Å²) in [5.74, 6) is 0.0578. The van der Waals surface area contributed by atoms with E-state index in [0.717, 1.165) is 5.56 Å². The molecule has 1 heterocycles. The van der Waals surface area contributed by atoms with E-state index in [9.17, 15) is 4.79 Å². The summed E-state index contributed by atoms with van der Waals surface area (Å²) in [5, 5.41) is 0. The third kappa shape index (κ3) is 3.51. The highest BCUT2D eigenvalue weighted by atomic mass is 16.5. The van der Waals surface area contributed by atoms with Crippen molar-refractivity contribution in [2.75, 3.05) is 14.2 Å². The average molecular weight is 287 g/mol. The molecular weight excluding hydrogens is 270 g/mol. The maximum Gasteiger partial charge on any atom is 0.347 e. The van der Waals surface area contributed by atoms with E-state index in [-0.39, 0.29) is 11.4 Å². The fourth-order valence-corrected chi connectivity index (χ4v) is 1.90. The van der Waals surface area contributed by atoms with Gasteiger partial charge in [0, 0.05) is 11.8 Å². The molecule has 0 spiro atoms. The van der Waals surface area contributed by atoms with Crippen molar-refractivity contribution in [3.05, 3.63) is 53.2 Å². The number of carbonyl (C=O) groups is 1. The lowest BCUT2D eigenvalue weighted by molar-refractivity contribution is 0.0590. The minimum atomic E-state index is -0.539. The molecule has 5 nitrogen and oxygen atoms in total. The number of rotatable bonds is 5. The van der Waals surface area contributed by atoms with Gasteiger partial charge in [-0.05, 0) is 12.5 Å². The van der Waals surface area contributed by atoms with Crippen LogP contribution in [0.5, 0.6) is 11.6 Å². The lowest BCUT2D eigenvalue weighted by Gasteiger charge is -2.13. The van der Waals surface area contributed by atoms with Crippen LogP contribution in [0.1, 0.15) is 21.6 Å². The first-order chi connectivity index (χ1) is 10.2. The number of carbonyl (C=O) groups excluding carboxylic acids is 1. The number of aryl methyl sites for hydroxylation is 1. The number of ether oxygens (including phenoxy) is 3. The molecule has 0 radical (unpaired) electrons. The van der Waals surface area contributed by atoms with Gasteiger partial charge in [0.2, 0.25) is 5.88 Å². The minimum Gasteiger partial charge on any atom is -0.496 e. The number of benzene rings is 1. The third-order valence-electron chi connectivity index (χ3n) is 2.91. The second-order valence-corrected chi connectivity index (χ2v) is 4.41. The average Bonchev–Trinajstić information content (AvgIpc) is 2.52. The predicted molar refractivity (Wildman–Crippen MR) is 77.6 cm³/mol. The van der Waals surface area contributed by atoms with E-state index in [4.69, 9.17) is 14.2 Å². The topological polar surface area (TPSA) is 57.7 Å². The van der Waals surface area contributed by atoms with Gasteiger partial charge >= 0.3 is 5.97 Å². The summed E-state index contributed by atoms with van der Waals surface area (Å²) in [4.78, 5) is 16.2. The zero-order valence-corrected chi connectivity index (χ0v) is 12.3. The molecule has 2 rings (SSSR count). The Kier molecular flexibility index (Phi) is 4.77. The van der Waals surface area contributed by atoms with Crippen LogP contribution in [0.15, 0.2) is 36.4 Å². The third-order valence-corrected chi connectivity index (χ3v) is 2.91. The van der Waals surface area contributed by atoms with Crippen LogP contribution in [-0.2, 0) is 11.3 Å². The molecular formula is C16H17NO4. The van der Waals surface area contributed by atoms with Crippen LogP contribution in [0.25, 0.3) is 0 Å². The van der Waals surface area contributed by atoms with Gasteiger partial charge in [-0.1, -0.05) is 30.3 Å². The molecule has 0 aliphatic heterocycles. The minimum absolute atomic E-state index is 0.196. The molecule has 0 unspecified atom stereocenters. The Labute approximate surface area is 123 Å². The van der Waals surface area contributed by atoms with Gasteiger partial charge < -0.3 is 14.2 Å². The molecule has 0 saturated heterocycles. The van der Waals surface area contributed by atoms with E-state index in [1.165, 1.54) is 14.2 Å². The second-order valence-electron chi connectivity index (χ2n) is 4.41. The molecule has 0 N–H and O–H groups in total. The van der Waals surface area contributed by atoms with Gasteiger partial charge in [-0.25, -0.2) is 9.78 Å². The van der Waals surface area contributed by atoms with Gasteiger partial charge in [0.05, 0.1) is 14.2 Å². The summed E-state index contributed by atoms with van der Waals surface area (Å²) in [5.41, 5.74) is 1.87. The van der Waals surface area contributed by atoms with Crippen molar-refractivity contribution in [1.82, 2.24) is 4.98 Å². The Balaban J connectivity index is 2.32. The van der Waals surface area contributed by atoms with Crippen LogP contribution < -0.4 is 9.47 Å². The molecule has 0 aliphatic carbocycles. The number of pyridine rings is 1. The zero-order valence-electron chi connectivity index (χ0n) is 12.3. The van der Waals surface area contributed by atoms with Crippen molar-refractivity contribution in [3.8, 4) is 11.6 Å². The molecule has 1 aromatic carbocycles. The van der Waals surface area contributed by atoms with E-state index in [2.05, 4.69) is 4.98 Å². The Morgan fingerprint density at radius 3 is 2.52 bits per heavy atom. The maximum absolute atomic E-state index is 11.9. The molecule has 0 bridgehead atoms. The smallest absolute Gasteiger partial charge is 0.347 e. The number of hydrogen-bond acceptors (Lipinski definition) is 5. The predicted octanol–water partition coefficient (Wildman–Crippen LogP) is 2.76. The molecule has 110 valence electrons. The van der Waals surface area contributed by atoms with E-state index in [1.54, 1.807) is 13.0 Å². The fourth-order valence-electron chi connectivity index (χ4n) is 1.90. The van der Waals surface area contributed by atoms with Crippen molar-refractivity contribution < 1.29 is 19.0 Å². The molecule has 21 heavy (non-hydrogen) atoms. The molecule has 0 aliphatic rings. The highest BCUT2D eigenvalue weighted by molar-refractivity contribution is 5.95. The molecule has 0 atom stereocenters. The summed E-state index contributed by atoms with van der Waals surface area (Å²) in [6.07, 6.45) is 0. The molecule has 2 aromatic rings. The largest absolute Gasteiger partial charge is 0.496 e. The monoisotopic (exact) mass is 287 g/mol.